The minimum atomic E-state index is -3.62. The Morgan fingerprint density at radius 1 is 1.17 bits per heavy atom. The lowest BCUT2D eigenvalue weighted by molar-refractivity contribution is 0.326. The zero-order chi connectivity index (χ0) is 13.8. The zero-order valence-electron chi connectivity index (χ0n) is 9.46. The van der Waals surface area contributed by atoms with Crippen molar-refractivity contribution < 1.29 is 21.0 Å². The third kappa shape index (κ3) is 5.61. The van der Waals surface area contributed by atoms with E-state index in [1.54, 1.807) is 12.1 Å². The van der Waals surface area contributed by atoms with Crippen LogP contribution in [0.1, 0.15) is 0 Å². The molecule has 0 saturated heterocycles. The Hall–Kier alpha value is -0.230. The van der Waals surface area contributed by atoms with Crippen molar-refractivity contribution in [2.24, 2.45) is 0 Å². The van der Waals surface area contributed by atoms with Gasteiger partial charge in [0.15, 0.2) is 0 Å². The Kier molecular flexibility index (Phi) is 5.52. The van der Waals surface area contributed by atoms with Gasteiger partial charge in [-0.25, -0.2) is 13.1 Å². The second kappa shape index (κ2) is 6.28. The smallest absolute Gasteiger partial charge is 0.264 e. The van der Waals surface area contributed by atoms with Crippen molar-refractivity contribution in [3.05, 3.63) is 27.8 Å². The average molecular weight is 405 g/mol. The van der Waals surface area contributed by atoms with Crippen LogP contribution in [0.25, 0.3) is 0 Å². The molecule has 1 rings (SSSR count). The van der Waals surface area contributed by atoms with Crippen molar-refractivity contribution in [3.63, 3.8) is 0 Å². The lowest BCUT2D eigenvalue weighted by Crippen LogP contribution is -2.28. The first-order valence-corrected chi connectivity index (χ1v) is 9.18. The van der Waals surface area contributed by atoms with Crippen LogP contribution in [0.2, 0.25) is 0 Å². The minimum absolute atomic E-state index is 0.110. The highest BCUT2D eigenvalue weighted by molar-refractivity contribution is 14.1. The Morgan fingerprint density at radius 2 is 1.72 bits per heavy atom. The third-order valence-electron chi connectivity index (χ3n) is 1.82. The van der Waals surface area contributed by atoms with Crippen LogP contribution in [0, 0.1) is 3.57 Å². The normalized spacial score (nSPS) is 12.6. The van der Waals surface area contributed by atoms with Gasteiger partial charge < -0.3 is 0 Å². The van der Waals surface area contributed by atoms with Crippen LogP contribution in [-0.4, -0.2) is 36.2 Å². The standard InChI is InChI=1S/C9H12INO5S2/c1-17(12,13)16-7-6-11-18(14,15)9-4-2-8(10)3-5-9/h2-5,11H,6-7H2,1H3. The van der Waals surface area contributed by atoms with Gasteiger partial charge in [0, 0.05) is 10.1 Å². The Bertz CT molecular complexity index is 594. The van der Waals surface area contributed by atoms with Crippen molar-refractivity contribution >= 4 is 42.7 Å². The Morgan fingerprint density at radius 3 is 2.22 bits per heavy atom. The molecular weight excluding hydrogens is 393 g/mol. The van der Waals surface area contributed by atoms with Crippen LogP contribution in [0.3, 0.4) is 0 Å². The van der Waals surface area contributed by atoms with Gasteiger partial charge in [0.2, 0.25) is 10.0 Å². The quantitative estimate of drug-likeness (QED) is 0.424. The van der Waals surface area contributed by atoms with Gasteiger partial charge in [-0.05, 0) is 46.9 Å². The van der Waals surface area contributed by atoms with Crippen LogP contribution in [0.5, 0.6) is 0 Å². The molecule has 1 aromatic carbocycles. The summed E-state index contributed by atoms with van der Waals surface area (Å²) in [5, 5.41) is 0. The van der Waals surface area contributed by atoms with E-state index >= 15 is 0 Å². The van der Waals surface area contributed by atoms with Gasteiger partial charge in [-0.3, -0.25) is 4.18 Å². The molecule has 9 heteroatoms. The predicted octanol–water partition coefficient (Wildman–Crippen LogP) is 0.546. The van der Waals surface area contributed by atoms with Crippen molar-refractivity contribution in [2.45, 2.75) is 4.90 Å². The molecule has 0 aromatic heterocycles. The molecule has 0 spiro atoms. The molecule has 102 valence electrons. The fourth-order valence-electron chi connectivity index (χ4n) is 1.07. The van der Waals surface area contributed by atoms with Gasteiger partial charge >= 0.3 is 0 Å². The first-order valence-electron chi connectivity index (χ1n) is 4.80. The average Bonchev–Trinajstić information content (AvgIpc) is 2.24. The van der Waals surface area contributed by atoms with E-state index in [-0.39, 0.29) is 18.0 Å². The molecule has 18 heavy (non-hydrogen) atoms. The summed E-state index contributed by atoms with van der Waals surface area (Å²) in [6.07, 6.45) is 0.903. The van der Waals surface area contributed by atoms with E-state index in [0.29, 0.717) is 0 Å². The SMILES string of the molecule is CS(=O)(=O)OCCNS(=O)(=O)c1ccc(I)cc1. The molecule has 1 aromatic rings. The van der Waals surface area contributed by atoms with Crippen molar-refractivity contribution in [1.82, 2.24) is 4.72 Å². The van der Waals surface area contributed by atoms with Crippen LogP contribution >= 0.6 is 22.6 Å². The number of halogens is 1. The number of hydrogen-bond acceptors (Lipinski definition) is 5. The minimum Gasteiger partial charge on any atom is -0.269 e. The number of nitrogens with one attached hydrogen (secondary N) is 1. The van der Waals surface area contributed by atoms with E-state index < -0.39 is 20.1 Å². The summed E-state index contributed by atoms with van der Waals surface area (Å²) in [4.78, 5) is 0.127. The van der Waals surface area contributed by atoms with Gasteiger partial charge in [0.05, 0.1) is 17.8 Å². The van der Waals surface area contributed by atoms with Gasteiger partial charge in [-0.2, -0.15) is 8.42 Å². The highest BCUT2D eigenvalue weighted by atomic mass is 127. The maximum atomic E-state index is 11.7. The Labute approximate surface area is 120 Å². The maximum absolute atomic E-state index is 11.7. The Balaban J connectivity index is 2.58. The van der Waals surface area contributed by atoms with E-state index in [1.165, 1.54) is 12.1 Å². The molecule has 0 bridgehead atoms. The predicted molar refractivity (Wildman–Crippen MR) is 75.1 cm³/mol. The molecule has 0 aliphatic heterocycles. The summed E-state index contributed by atoms with van der Waals surface area (Å²) in [6, 6.07) is 6.29. The van der Waals surface area contributed by atoms with E-state index in [1.807, 2.05) is 0 Å². The summed E-state index contributed by atoms with van der Waals surface area (Å²) in [5.74, 6) is 0. The molecule has 0 aliphatic rings. The molecule has 0 aliphatic carbocycles. The monoisotopic (exact) mass is 405 g/mol. The van der Waals surface area contributed by atoms with Crippen LogP contribution < -0.4 is 4.72 Å². The summed E-state index contributed by atoms with van der Waals surface area (Å²) < 4.78 is 52.4. The molecule has 0 unspecified atom stereocenters. The summed E-state index contributed by atoms with van der Waals surface area (Å²) in [7, 11) is -7.17. The lowest BCUT2D eigenvalue weighted by atomic mass is 10.4. The third-order valence-corrected chi connectivity index (χ3v) is 4.61. The molecule has 0 heterocycles. The van der Waals surface area contributed by atoms with Gasteiger partial charge in [-0.1, -0.05) is 0 Å². The van der Waals surface area contributed by atoms with Crippen LogP contribution in [-0.2, 0) is 24.3 Å². The molecule has 0 saturated carbocycles. The molecule has 0 radical (unpaired) electrons. The highest BCUT2D eigenvalue weighted by Gasteiger charge is 2.13. The van der Waals surface area contributed by atoms with Crippen molar-refractivity contribution in [1.29, 1.82) is 0 Å². The van der Waals surface area contributed by atoms with E-state index in [2.05, 4.69) is 31.5 Å². The topological polar surface area (TPSA) is 89.5 Å². The van der Waals surface area contributed by atoms with Gasteiger partial charge in [-0.15, -0.1) is 0 Å². The van der Waals surface area contributed by atoms with E-state index in [0.717, 1.165) is 9.83 Å². The summed E-state index contributed by atoms with van der Waals surface area (Å²) in [5.41, 5.74) is 0. The van der Waals surface area contributed by atoms with Crippen molar-refractivity contribution in [2.75, 3.05) is 19.4 Å². The number of benzene rings is 1. The molecule has 6 nitrogen and oxygen atoms in total. The first-order chi connectivity index (χ1) is 8.21. The zero-order valence-corrected chi connectivity index (χ0v) is 13.2. The van der Waals surface area contributed by atoms with Crippen molar-refractivity contribution in [3.8, 4) is 0 Å². The molecular formula is C9H12INO5S2. The summed E-state index contributed by atoms with van der Waals surface area (Å²) in [6.45, 7) is -0.343. The number of sulfonamides is 1. The molecule has 0 amide bonds. The number of hydrogen-bond donors (Lipinski definition) is 1. The second-order valence-electron chi connectivity index (χ2n) is 3.38. The largest absolute Gasteiger partial charge is 0.269 e. The fourth-order valence-corrected chi connectivity index (χ4v) is 2.82. The van der Waals surface area contributed by atoms with Crippen LogP contribution in [0.4, 0.5) is 0 Å². The van der Waals surface area contributed by atoms with Crippen LogP contribution in [0.15, 0.2) is 29.2 Å². The second-order valence-corrected chi connectivity index (χ2v) is 8.03. The number of rotatable bonds is 6. The van der Waals surface area contributed by atoms with E-state index in [4.69, 9.17) is 0 Å². The maximum Gasteiger partial charge on any atom is 0.264 e. The summed E-state index contributed by atoms with van der Waals surface area (Å²) >= 11 is 2.07. The van der Waals surface area contributed by atoms with Gasteiger partial charge in [0.25, 0.3) is 10.1 Å². The molecule has 1 N–H and O–H groups in total. The fraction of sp³-hybridized carbons (Fsp3) is 0.333. The van der Waals surface area contributed by atoms with E-state index in [9.17, 15) is 16.8 Å². The molecule has 0 atom stereocenters. The lowest BCUT2D eigenvalue weighted by Gasteiger charge is -2.06. The van der Waals surface area contributed by atoms with Gasteiger partial charge in [0.1, 0.15) is 0 Å². The molecule has 0 fully saturated rings. The highest BCUT2D eigenvalue weighted by Crippen LogP contribution is 2.11. The first kappa shape index (κ1) is 15.8.